The number of sulfone groups is 1. The number of rotatable bonds is 1. The maximum Gasteiger partial charge on any atom is 0.258 e. The van der Waals surface area contributed by atoms with Crippen molar-refractivity contribution < 1.29 is 13.2 Å². The van der Waals surface area contributed by atoms with Gasteiger partial charge in [0.1, 0.15) is 0 Å². The van der Waals surface area contributed by atoms with Crippen LogP contribution in [0.3, 0.4) is 0 Å². The molecule has 0 bridgehead atoms. The molecule has 2 aliphatic rings. The van der Waals surface area contributed by atoms with E-state index in [9.17, 15) is 13.2 Å². The van der Waals surface area contributed by atoms with Crippen molar-refractivity contribution in [3.63, 3.8) is 0 Å². The zero-order chi connectivity index (χ0) is 16.9. The summed E-state index contributed by atoms with van der Waals surface area (Å²) in [5, 5.41) is 0.434. The summed E-state index contributed by atoms with van der Waals surface area (Å²) in [5.74, 6) is -0.0640. The molecule has 7 heteroatoms. The van der Waals surface area contributed by atoms with Gasteiger partial charge in [-0.15, -0.1) is 11.8 Å². The van der Waals surface area contributed by atoms with Gasteiger partial charge in [-0.1, -0.05) is 23.7 Å². The number of halogens is 1. The van der Waals surface area contributed by atoms with Crippen LogP contribution >= 0.6 is 23.4 Å². The van der Waals surface area contributed by atoms with E-state index in [0.29, 0.717) is 10.6 Å². The maximum atomic E-state index is 13.1. The molecule has 1 fully saturated rings. The maximum absolute atomic E-state index is 13.1. The lowest BCUT2D eigenvalue weighted by atomic mass is 10.1. The van der Waals surface area contributed by atoms with E-state index in [2.05, 4.69) is 0 Å². The highest BCUT2D eigenvalue weighted by atomic mass is 35.5. The number of para-hydroxylation sites is 1. The van der Waals surface area contributed by atoms with Crippen molar-refractivity contribution in [1.82, 2.24) is 0 Å². The third-order valence-corrected chi connectivity index (χ3v) is 7.88. The van der Waals surface area contributed by atoms with Crippen LogP contribution in [0.1, 0.15) is 10.4 Å². The minimum Gasteiger partial charge on any atom is -0.302 e. The molecule has 24 heavy (non-hydrogen) atoms. The standard InChI is InChI=1S/C17H14ClNO3S2/c18-12-7-5-11(6-8-12)17(20)19-13-3-1-2-4-15(13)23-16-10-24(21,22)9-14(16)19/h1-8,14,16H,9-10H2/t14-,16-/m1/s1. The van der Waals surface area contributed by atoms with Crippen LogP contribution in [-0.4, -0.2) is 37.1 Å². The van der Waals surface area contributed by atoms with Crippen molar-refractivity contribution in [2.24, 2.45) is 0 Å². The van der Waals surface area contributed by atoms with E-state index in [1.54, 1.807) is 40.9 Å². The summed E-state index contributed by atoms with van der Waals surface area (Å²) in [5.41, 5.74) is 1.28. The molecule has 2 atom stereocenters. The molecule has 1 amide bonds. The Hall–Kier alpha value is -1.50. The van der Waals surface area contributed by atoms with Crippen LogP contribution < -0.4 is 4.90 Å². The summed E-state index contributed by atoms with van der Waals surface area (Å²) in [6.45, 7) is 0. The average Bonchev–Trinajstić information content (AvgIpc) is 2.86. The van der Waals surface area contributed by atoms with Crippen LogP contribution in [0.25, 0.3) is 0 Å². The first-order valence-corrected chi connectivity index (χ1v) is 10.6. The molecule has 4 rings (SSSR count). The van der Waals surface area contributed by atoms with Gasteiger partial charge in [0.2, 0.25) is 0 Å². The first kappa shape index (κ1) is 16.0. The van der Waals surface area contributed by atoms with Gasteiger partial charge < -0.3 is 4.90 Å². The lowest BCUT2D eigenvalue weighted by molar-refractivity contribution is 0.0978. The van der Waals surface area contributed by atoms with Gasteiger partial charge >= 0.3 is 0 Å². The van der Waals surface area contributed by atoms with E-state index in [0.717, 1.165) is 10.6 Å². The monoisotopic (exact) mass is 379 g/mol. The zero-order valence-corrected chi connectivity index (χ0v) is 14.9. The first-order chi connectivity index (χ1) is 11.4. The van der Waals surface area contributed by atoms with Crippen molar-refractivity contribution in [2.45, 2.75) is 16.2 Å². The summed E-state index contributed by atoms with van der Waals surface area (Å²) >= 11 is 7.46. The SMILES string of the molecule is O=C(c1ccc(Cl)cc1)N1c2ccccc2S[C@@H]2CS(=O)(=O)C[C@H]21. The second kappa shape index (κ2) is 5.79. The molecule has 124 valence electrons. The van der Waals surface area contributed by atoms with Crippen LogP contribution in [0.4, 0.5) is 5.69 Å². The van der Waals surface area contributed by atoms with Gasteiger partial charge in [0.25, 0.3) is 5.91 Å². The Morgan fingerprint density at radius 2 is 1.79 bits per heavy atom. The van der Waals surface area contributed by atoms with Crippen molar-refractivity contribution >= 4 is 44.8 Å². The molecule has 0 spiro atoms. The number of benzene rings is 2. The van der Waals surface area contributed by atoms with E-state index in [4.69, 9.17) is 11.6 Å². The molecular formula is C17H14ClNO3S2. The van der Waals surface area contributed by atoms with Crippen LogP contribution in [0.15, 0.2) is 53.4 Å². The number of nitrogens with zero attached hydrogens (tertiary/aromatic N) is 1. The van der Waals surface area contributed by atoms with E-state index in [1.807, 2.05) is 24.3 Å². The van der Waals surface area contributed by atoms with E-state index in [1.165, 1.54) is 0 Å². The number of fused-ring (bicyclic) bond motifs is 2. The smallest absolute Gasteiger partial charge is 0.258 e. The quantitative estimate of drug-likeness (QED) is 0.763. The molecule has 4 nitrogen and oxygen atoms in total. The van der Waals surface area contributed by atoms with Gasteiger partial charge in [-0.2, -0.15) is 0 Å². The van der Waals surface area contributed by atoms with Gasteiger partial charge in [0.05, 0.1) is 23.2 Å². The predicted molar refractivity (Wildman–Crippen MR) is 96.8 cm³/mol. The molecule has 1 saturated heterocycles. The fourth-order valence-corrected chi connectivity index (χ4v) is 7.29. The molecule has 0 N–H and O–H groups in total. The number of hydrogen-bond acceptors (Lipinski definition) is 4. The van der Waals surface area contributed by atoms with Gasteiger partial charge in [-0.05, 0) is 36.4 Å². The fourth-order valence-electron chi connectivity index (χ4n) is 3.24. The Morgan fingerprint density at radius 3 is 2.54 bits per heavy atom. The van der Waals surface area contributed by atoms with Gasteiger partial charge in [-0.25, -0.2) is 8.42 Å². The van der Waals surface area contributed by atoms with Crippen LogP contribution in [0.5, 0.6) is 0 Å². The number of carbonyl (C=O) groups is 1. The minimum absolute atomic E-state index is 0.0122. The molecule has 2 aromatic carbocycles. The van der Waals surface area contributed by atoms with Gasteiger partial charge in [-0.3, -0.25) is 4.79 Å². The first-order valence-electron chi connectivity index (χ1n) is 7.50. The molecule has 2 aliphatic heterocycles. The van der Waals surface area contributed by atoms with Gasteiger partial charge in [0, 0.05) is 20.7 Å². The number of thioether (sulfide) groups is 1. The number of anilines is 1. The topological polar surface area (TPSA) is 54.5 Å². The van der Waals surface area contributed by atoms with Gasteiger partial charge in [0.15, 0.2) is 9.84 Å². The Labute approximate surface area is 149 Å². The van der Waals surface area contributed by atoms with Crippen molar-refractivity contribution in [2.75, 3.05) is 16.4 Å². The second-order valence-electron chi connectivity index (χ2n) is 5.95. The number of amides is 1. The van der Waals surface area contributed by atoms with E-state index >= 15 is 0 Å². The number of hydrogen-bond donors (Lipinski definition) is 0. The molecule has 0 radical (unpaired) electrons. The molecule has 0 aliphatic carbocycles. The Bertz CT molecular complexity index is 912. The summed E-state index contributed by atoms with van der Waals surface area (Å²) in [6, 6.07) is 13.9. The van der Waals surface area contributed by atoms with Crippen molar-refractivity contribution in [1.29, 1.82) is 0 Å². The number of carbonyl (C=O) groups excluding carboxylic acids is 1. The summed E-state index contributed by atoms with van der Waals surface area (Å²) in [6.07, 6.45) is 0. The zero-order valence-electron chi connectivity index (χ0n) is 12.6. The highest BCUT2D eigenvalue weighted by Gasteiger charge is 2.47. The lowest BCUT2D eigenvalue weighted by Crippen LogP contribution is -2.48. The molecular weight excluding hydrogens is 366 g/mol. The molecule has 0 saturated carbocycles. The second-order valence-corrected chi connectivity index (χ2v) is 9.82. The Morgan fingerprint density at radius 1 is 1.08 bits per heavy atom. The van der Waals surface area contributed by atoms with E-state index < -0.39 is 9.84 Å². The minimum atomic E-state index is -3.14. The van der Waals surface area contributed by atoms with Crippen LogP contribution in [-0.2, 0) is 9.84 Å². The highest BCUT2D eigenvalue weighted by Crippen LogP contribution is 2.45. The largest absolute Gasteiger partial charge is 0.302 e. The molecule has 2 aromatic rings. The molecule has 0 aromatic heterocycles. The molecule has 0 unspecified atom stereocenters. The molecule has 2 heterocycles. The summed E-state index contributed by atoms with van der Waals surface area (Å²) in [4.78, 5) is 15.7. The highest BCUT2D eigenvalue weighted by molar-refractivity contribution is 8.02. The summed E-state index contributed by atoms with van der Waals surface area (Å²) in [7, 11) is -3.14. The Kier molecular flexibility index (Phi) is 3.86. The normalized spacial score (nSPS) is 24.3. The average molecular weight is 380 g/mol. The van der Waals surface area contributed by atoms with E-state index in [-0.39, 0.29) is 28.7 Å². The van der Waals surface area contributed by atoms with Crippen LogP contribution in [0.2, 0.25) is 5.02 Å². The van der Waals surface area contributed by atoms with Crippen LogP contribution in [0, 0.1) is 0 Å². The van der Waals surface area contributed by atoms with Crippen molar-refractivity contribution in [3.05, 3.63) is 59.1 Å². The Balaban J connectivity index is 1.81. The van der Waals surface area contributed by atoms with Crippen molar-refractivity contribution in [3.8, 4) is 0 Å². The third-order valence-electron chi connectivity index (χ3n) is 4.32. The predicted octanol–water partition coefficient (Wildman–Crippen LogP) is 3.26. The lowest BCUT2D eigenvalue weighted by Gasteiger charge is -2.37. The third kappa shape index (κ3) is 2.72. The summed E-state index contributed by atoms with van der Waals surface area (Å²) < 4.78 is 24.3. The fraction of sp³-hybridized carbons (Fsp3) is 0.235.